The van der Waals surface area contributed by atoms with Gasteiger partial charge in [-0.2, -0.15) is 5.26 Å². The van der Waals surface area contributed by atoms with Crippen molar-refractivity contribution in [2.45, 2.75) is 38.8 Å². The quantitative estimate of drug-likeness (QED) is 0.901. The van der Waals surface area contributed by atoms with Crippen molar-refractivity contribution < 1.29 is 9.53 Å². The lowest BCUT2D eigenvalue weighted by molar-refractivity contribution is 0.0288. The van der Waals surface area contributed by atoms with Gasteiger partial charge in [-0.3, -0.25) is 0 Å². The molecule has 2 atom stereocenters. The third kappa shape index (κ3) is 4.20. The number of nitrogens with one attached hydrogen (secondary N) is 1. The molecule has 1 N–H and O–H groups in total. The third-order valence-corrected chi connectivity index (χ3v) is 5.03. The van der Waals surface area contributed by atoms with Gasteiger partial charge in [-0.1, -0.05) is 23.5 Å². The first-order chi connectivity index (χ1) is 11.9. The number of para-hydroxylation sites is 1. The van der Waals surface area contributed by atoms with Crippen molar-refractivity contribution in [2.24, 2.45) is 5.92 Å². The van der Waals surface area contributed by atoms with E-state index in [1.807, 2.05) is 45.0 Å². The summed E-state index contributed by atoms with van der Waals surface area (Å²) in [5, 5.41) is 13.5. The van der Waals surface area contributed by atoms with Gasteiger partial charge in [-0.05, 0) is 39.3 Å². The normalized spacial score (nSPS) is 18.8. The maximum Gasteiger partial charge on any atom is 0.410 e. The lowest BCUT2D eigenvalue weighted by atomic mass is 10.0. The van der Waals surface area contributed by atoms with Crippen LogP contribution in [0.4, 0.5) is 9.93 Å². The van der Waals surface area contributed by atoms with Gasteiger partial charge in [0.25, 0.3) is 0 Å². The van der Waals surface area contributed by atoms with Crippen molar-refractivity contribution in [3.05, 3.63) is 24.3 Å². The van der Waals surface area contributed by atoms with E-state index in [4.69, 9.17) is 4.74 Å². The van der Waals surface area contributed by atoms with Crippen LogP contribution in [0.15, 0.2) is 24.3 Å². The summed E-state index contributed by atoms with van der Waals surface area (Å²) in [6, 6.07) is 9.83. The maximum atomic E-state index is 12.2. The minimum absolute atomic E-state index is 0.0598. The molecule has 1 aliphatic rings. The smallest absolute Gasteiger partial charge is 0.410 e. The molecule has 1 amide bonds. The van der Waals surface area contributed by atoms with Gasteiger partial charge in [0.15, 0.2) is 5.13 Å². The van der Waals surface area contributed by atoms with Crippen LogP contribution in [-0.4, -0.2) is 40.7 Å². The second-order valence-corrected chi connectivity index (χ2v) is 8.24. The zero-order valence-electron chi connectivity index (χ0n) is 14.7. The van der Waals surface area contributed by atoms with Crippen molar-refractivity contribution in [2.75, 3.05) is 18.4 Å². The number of nitrogens with zero attached hydrogens (tertiary/aromatic N) is 3. The van der Waals surface area contributed by atoms with E-state index in [1.54, 1.807) is 4.90 Å². The molecular weight excluding hydrogens is 336 g/mol. The standard InChI is InChI=1S/C18H22N4O2S/c1-18(2,3)24-17(23)22-9-8-12(11-22)14(10-19)21-16-20-13-6-4-5-7-15(13)25-16/h4-7,12,14H,8-9,11H2,1-3H3,(H,20,21). The summed E-state index contributed by atoms with van der Waals surface area (Å²) < 4.78 is 6.50. The minimum atomic E-state index is -0.511. The molecule has 2 aromatic rings. The average molecular weight is 358 g/mol. The number of carbonyl (C=O) groups is 1. The zero-order valence-corrected chi connectivity index (χ0v) is 15.5. The molecule has 0 aliphatic carbocycles. The van der Waals surface area contributed by atoms with Gasteiger partial charge in [0, 0.05) is 19.0 Å². The molecule has 132 valence electrons. The summed E-state index contributed by atoms with van der Waals surface area (Å²) in [6.45, 7) is 6.69. The fraction of sp³-hybridized carbons (Fsp3) is 0.500. The van der Waals surface area contributed by atoms with Crippen molar-refractivity contribution in [1.82, 2.24) is 9.88 Å². The number of nitriles is 1. The highest BCUT2D eigenvalue weighted by atomic mass is 32.1. The van der Waals surface area contributed by atoms with Gasteiger partial charge in [0.05, 0.1) is 16.3 Å². The van der Waals surface area contributed by atoms with Gasteiger partial charge in [0.1, 0.15) is 11.6 Å². The lowest BCUT2D eigenvalue weighted by Gasteiger charge is -2.25. The Kier molecular flexibility index (Phi) is 4.82. The van der Waals surface area contributed by atoms with Crippen LogP contribution in [0.5, 0.6) is 0 Å². The molecule has 0 radical (unpaired) electrons. The van der Waals surface area contributed by atoms with E-state index in [0.717, 1.165) is 21.8 Å². The van der Waals surface area contributed by atoms with Crippen LogP contribution in [0.3, 0.4) is 0 Å². The molecule has 7 heteroatoms. The van der Waals surface area contributed by atoms with Crippen molar-refractivity contribution >= 4 is 32.8 Å². The summed E-state index contributed by atoms with van der Waals surface area (Å²) in [5.41, 5.74) is 0.414. The molecular formula is C18H22N4O2S. The Bertz CT molecular complexity index is 772. The number of rotatable bonds is 3. The van der Waals surface area contributed by atoms with Gasteiger partial charge >= 0.3 is 6.09 Å². The van der Waals surface area contributed by atoms with Gasteiger partial charge < -0.3 is 15.0 Å². The molecule has 1 fully saturated rings. The lowest BCUT2D eigenvalue weighted by Crippen LogP contribution is -2.37. The Balaban J connectivity index is 1.64. The molecule has 0 saturated carbocycles. The number of hydrogen-bond donors (Lipinski definition) is 1. The summed E-state index contributed by atoms with van der Waals surface area (Å²) in [7, 11) is 0. The molecule has 25 heavy (non-hydrogen) atoms. The number of anilines is 1. The fourth-order valence-corrected chi connectivity index (χ4v) is 3.78. The molecule has 3 rings (SSSR count). The molecule has 6 nitrogen and oxygen atoms in total. The van der Waals surface area contributed by atoms with Crippen LogP contribution in [0.25, 0.3) is 10.2 Å². The van der Waals surface area contributed by atoms with Crippen LogP contribution in [-0.2, 0) is 4.74 Å². The van der Waals surface area contributed by atoms with Crippen LogP contribution in [0, 0.1) is 17.2 Å². The number of thiazole rings is 1. The van der Waals surface area contributed by atoms with Crippen LogP contribution in [0.1, 0.15) is 27.2 Å². The fourth-order valence-electron chi connectivity index (χ4n) is 2.87. The van der Waals surface area contributed by atoms with Crippen LogP contribution >= 0.6 is 11.3 Å². The zero-order chi connectivity index (χ0) is 18.0. The Labute approximate surface area is 151 Å². The second kappa shape index (κ2) is 6.89. The van der Waals surface area contributed by atoms with Gasteiger partial charge in [-0.15, -0.1) is 0 Å². The molecule has 2 unspecified atom stereocenters. The number of benzene rings is 1. The first kappa shape index (κ1) is 17.5. The molecule has 1 saturated heterocycles. The number of fused-ring (bicyclic) bond motifs is 1. The summed E-state index contributed by atoms with van der Waals surface area (Å²) in [5.74, 6) is 0.0598. The Morgan fingerprint density at radius 3 is 2.92 bits per heavy atom. The first-order valence-electron chi connectivity index (χ1n) is 8.35. The molecule has 1 aliphatic heterocycles. The number of carbonyl (C=O) groups excluding carboxylic acids is 1. The number of amides is 1. The van der Waals surface area contributed by atoms with Crippen molar-refractivity contribution in [1.29, 1.82) is 5.26 Å². The Hall–Kier alpha value is -2.33. The van der Waals surface area contributed by atoms with E-state index in [0.29, 0.717) is 13.1 Å². The summed E-state index contributed by atoms with van der Waals surface area (Å²) in [4.78, 5) is 18.4. The van der Waals surface area contributed by atoms with E-state index in [2.05, 4.69) is 16.4 Å². The Morgan fingerprint density at radius 2 is 2.24 bits per heavy atom. The molecule has 2 heterocycles. The molecule has 0 bridgehead atoms. The highest BCUT2D eigenvalue weighted by Crippen LogP contribution is 2.29. The number of aromatic nitrogens is 1. The van der Waals surface area contributed by atoms with E-state index in [9.17, 15) is 10.1 Å². The highest BCUT2D eigenvalue weighted by Gasteiger charge is 2.34. The van der Waals surface area contributed by atoms with Crippen molar-refractivity contribution in [3.8, 4) is 6.07 Å². The number of likely N-dealkylation sites (tertiary alicyclic amines) is 1. The summed E-state index contributed by atoms with van der Waals surface area (Å²) >= 11 is 1.54. The predicted molar refractivity (Wildman–Crippen MR) is 98.6 cm³/mol. The van der Waals surface area contributed by atoms with E-state index in [1.165, 1.54) is 11.3 Å². The van der Waals surface area contributed by atoms with E-state index in [-0.39, 0.29) is 18.1 Å². The van der Waals surface area contributed by atoms with Crippen LogP contribution < -0.4 is 5.32 Å². The monoisotopic (exact) mass is 358 g/mol. The minimum Gasteiger partial charge on any atom is -0.444 e. The van der Waals surface area contributed by atoms with Gasteiger partial charge in [-0.25, -0.2) is 9.78 Å². The van der Waals surface area contributed by atoms with E-state index >= 15 is 0 Å². The third-order valence-electron chi connectivity index (χ3n) is 4.06. The first-order valence-corrected chi connectivity index (χ1v) is 9.17. The van der Waals surface area contributed by atoms with Crippen molar-refractivity contribution in [3.63, 3.8) is 0 Å². The Morgan fingerprint density at radius 1 is 1.48 bits per heavy atom. The predicted octanol–water partition coefficient (Wildman–Crippen LogP) is 3.86. The molecule has 1 aromatic carbocycles. The second-order valence-electron chi connectivity index (χ2n) is 7.21. The highest BCUT2D eigenvalue weighted by molar-refractivity contribution is 7.22. The van der Waals surface area contributed by atoms with Gasteiger partial charge in [0.2, 0.25) is 0 Å². The molecule has 0 spiro atoms. The molecule has 1 aromatic heterocycles. The largest absolute Gasteiger partial charge is 0.444 e. The SMILES string of the molecule is CC(C)(C)OC(=O)N1CCC(C(C#N)Nc2nc3ccccc3s2)C1. The average Bonchev–Trinajstić information content (AvgIpc) is 3.17. The topological polar surface area (TPSA) is 78.2 Å². The number of ether oxygens (including phenoxy) is 1. The number of hydrogen-bond acceptors (Lipinski definition) is 6. The summed E-state index contributed by atoms with van der Waals surface area (Å²) in [6.07, 6.45) is 0.460. The maximum absolute atomic E-state index is 12.2. The van der Waals surface area contributed by atoms with Crippen LogP contribution in [0.2, 0.25) is 0 Å². The van der Waals surface area contributed by atoms with E-state index < -0.39 is 5.60 Å².